The van der Waals surface area contributed by atoms with Crippen LogP contribution in [-0.4, -0.2) is 53.7 Å². The molecule has 0 spiro atoms. The first-order valence-electron chi connectivity index (χ1n) is 7.68. The molecule has 24 heavy (non-hydrogen) atoms. The Morgan fingerprint density at radius 2 is 2.04 bits per heavy atom. The fourth-order valence-corrected chi connectivity index (χ4v) is 5.21. The molecule has 1 aliphatic rings. The molecule has 0 saturated carbocycles. The monoisotopic (exact) mass is 347 g/mol. The SMILES string of the molecule is CC1(C)CN(C(=N)N)CCN1S(=O)(=O)c1cccc2cnccc12. The first-order valence-corrected chi connectivity index (χ1v) is 9.12. The van der Waals surface area contributed by atoms with Gasteiger partial charge in [-0.25, -0.2) is 8.42 Å². The Labute approximate surface area is 141 Å². The van der Waals surface area contributed by atoms with Gasteiger partial charge >= 0.3 is 0 Å². The Kier molecular flexibility index (Phi) is 3.97. The molecule has 1 aromatic heterocycles. The Morgan fingerprint density at radius 1 is 1.29 bits per heavy atom. The summed E-state index contributed by atoms with van der Waals surface area (Å²) in [6.07, 6.45) is 3.26. The first-order chi connectivity index (χ1) is 11.2. The highest BCUT2D eigenvalue weighted by molar-refractivity contribution is 7.89. The Bertz CT molecular complexity index is 889. The van der Waals surface area contributed by atoms with Crippen molar-refractivity contribution in [2.24, 2.45) is 5.73 Å². The van der Waals surface area contributed by atoms with Crippen molar-refractivity contribution in [2.45, 2.75) is 24.3 Å². The van der Waals surface area contributed by atoms with Crippen LogP contribution in [0.4, 0.5) is 0 Å². The lowest BCUT2D eigenvalue weighted by Gasteiger charge is -2.46. The van der Waals surface area contributed by atoms with E-state index >= 15 is 0 Å². The number of hydrogen-bond donors (Lipinski definition) is 2. The van der Waals surface area contributed by atoms with E-state index in [-0.39, 0.29) is 17.4 Å². The molecular formula is C16H21N5O2S. The average Bonchev–Trinajstić information content (AvgIpc) is 2.52. The predicted molar refractivity (Wildman–Crippen MR) is 93.2 cm³/mol. The van der Waals surface area contributed by atoms with Crippen molar-refractivity contribution in [1.82, 2.24) is 14.2 Å². The summed E-state index contributed by atoms with van der Waals surface area (Å²) in [5, 5.41) is 9.04. The fraction of sp³-hybridized carbons (Fsp3) is 0.375. The Morgan fingerprint density at radius 3 is 2.71 bits per heavy atom. The zero-order valence-electron chi connectivity index (χ0n) is 13.7. The number of sulfonamides is 1. The number of pyridine rings is 1. The van der Waals surface area contributed by atoms with E-state index in [1.54, 1.807) is 35.5 Å². The average molecular weight is 347 g/mol. The van der Waals surface area contributed by atoms with Crippen LogP contribution in [0.3, 0.4) is 0 Å². The van der Waals surface area contributed by atoms with Crippen molar-refractivity contribution in [3.8, 4) is 0 Å². The van der Waals surface area contributed by atoms with Crippen LogP contribution in [0.5, 0.6) is 0 Å². The molecule has 8 heteroatoms. The van der Waals surface area contributed by atoms with Gasteiger partial charge in [-0.2, -0.15) is 4.31 Å². The van der Waals surface area contributed by atoms with Crippen molar-refractivity contribution in [3.05, 3.63) is 36.7 Å². The van der Waals surface area contributed by atoms with E-state index in [9.17, 15) is 8.42 Å². The summed E-state index contributed by atoms with van der Waals surface area (Å²) in [5.41, 5.74) is 4.89. The minimum absolute atomic E-state index is 0.0311. The summed E-state index contributed by atoms with van der Waals surface area (Å²) in [6.45, 7) is 4.78. The molecule has 1 aromatic carbocycles. The molecular weight excluding hydrogens is 326 g/mol. The maximum Gasteiger partial charge on any atom is 0.244 e. The molecule has 0 radical (unpaired) electrons. The Balaban J connectivity index is 2.06. The van der Waals surface area contributed by atoms with Gasteiger partial charge < -0.3 is 10.6 Å². The van der Waals surface area contributed by atoms with Crippen molar-refractivity contribution in [2.75, 3.05) is 19.6 Å². The molecule has 1 saturated heterocycles. The van der Waals surface area contributed by atoms with Crippen LogP contribution in [0.15, 0.2) is 41.6 Å². The molecule has 0 aliphatic carbocycles. The molecule has 3 rings (SSSR count). The lowest BCUT2D eigenvalue weighted by molar-refractivity contribution is 0.124. The third-order valence-corrected chi connectivity index (χ3v) is 6.54. The molecule has 2 heterocycles. The molecule has 0 amide bonds. The summed E-state index contributed by atoms with van der Waals surface area (Å²) in [7, 11) is -3.68. The highest BCUT2D eigenvalue weighted by atomic mass is 32.2. The summed E-state index contributed by atoms with van der Waals surface area (Å²) >= 11 is 0. The van der Waals surface area contributed by atoms with Crippen molar-refractivity contribution >= 4 is 26.8 Å². The normalized spacial score (nSPS) is 18.7. The molecule has 0 atom stereocenters. The van der Waals surface area contributed by atoms with Gasteiger partial charge in [0, 0.05) is 48.3 Å². The number of aromatic nitrogens is 1. The summed E-state index contributed by atoms with van der Waals surface area (Å²) in [6, 6.07) is 6.93. The van der Waals surface area contributed by atoms with Gasteiger partial charge in [0.15, 0.2) is 5.96 Å². The van der Waals surface area contributed by atoms with Crippen LogP contribution in [0, 0.1) is 5.41 Å². The van der Waals surface area contributed by atoms with Gasteiger partial charge in [-0.15, -0.1) is 0 Å². The van der Waals surface area contributed by atoms with Crippen molar-refractivity contribution < 1.29 is 8.42 Å². The summed E-state index contributed by atoms with van der Waals surface area (Å²) < 4.78 is 28.1. The quantitative estimate of drug-likeness (QED) is 0.628. The van der Waals surface area contributed by atoms with E-state index in [0.29, 0.717) is 18.5 Å². The minimum atomic E-state index is -3.68. The molecule has 1 aliphatic heterocycles. The van der Waals surface area contributed by atoms with E-state index < -0.39 is 15.6 Å². The molecule has 7 nitrogen and oxygen atoms in total. The van der Waals surface area contributed by atoms with Gasteiger partial charge in [-0.05, 0) is 26.0 Å². The van der Waals surface area contributed by atoms with Crippen LogP contribution < -0.4 is 5.73 Å². The number of benzene rings is 1. The molecule has 3 N–H and O–H groups in total. The molecule has 2 aromatic rings. The highest BCUT2D eigenvalue weighted by Gasteiger charge is 2.42. The number of nitrogens with zero attached hydrogens (tertiary/aromatic N) is 3. The van der Waals surface area contributed by atoms with Gasteiger partial charge in [-0.3, -0.25) is 10.4 Å². The van der Waals surface area contributed by atoms with E-state index in [2.05, 4.69) is 4.98 Å². The van der Waals surface area contributed by atoms with Crippen molar-refractivity contribution in [3.63, 3.8) is 0 Å². The molecule has 1 fully saturated rings. The van der Waals surface area contributed by atoms with Gasteiger partial charge in [-0.1, -0.05) is 12.1 Å². The second-order valence-corrected chi connectivity index (χ2v) is 8.38. The van der Waals surface area contributed by atoms with Crippen molar-refractivity contribution in [1.29, 1.82) is 5.41 Å². The number of guanidine groups is 1. The third kappa shape index (κ3) is 2.71. The van der Waals surface area contributed by atoms with E-state index in [1.165, 1.54) is 4.31 Å². The van der Waals surface area contributed by atoms with E-state index in [1.807, 2.05) is 19.9 Å². The summed E-state index contributed by atoms with van der Waals surface area (Å²) in [4.78, 5) is 6.03. The standard InChI is InChI=1S/C16H21N5O2S/c1-16(2)11-20(15(17)18)8-9-21(16)24(22,23)14-5-3-4-12-10-19-7-6-13(12)14/h3-7,10H,8-9,11H2,1-2H3,(H3,17,18). The maximum absolute atomic E-state index is 13.3. The van der Waals surface area contributed by atoms with Crippen LogP contribution >= 0.6 is 0 Å². The number of piperazine rings is 1. The molecule has 128 valence electrons. The zero-order chi connectivity index (χ0) is 17.5. The second kappa shape index (κ2) is 5.71. The number of nitrogens with one attached hydrogen (secondary N) is 1. The van der Waals surface area contributed by atoms with Crippen LogP contribution in [0.25, 0.3) is 10.8 Å². The fourth-order valence-electron chi connectivity index (χ4n) is 3.23. The van der Waals surface area contributed by atoms with Gasteiger partial charge in [0.2, 0.25) is 10.0 Å². The molecule has 0 bridgehead atoms. The molecule has 0 unspecified atom stereocenters. The van der Waals surface area contributed by atoms with E-state index in [4.69, 9.17) is 11.1 Å². The maximum atomic E-state index is 13.3. The zero-order valence-corrected chi connectivity index (χ0v) is 14.5. The van der Waals surface area contributed by atoms with E-state index in [0.717, 1.165) is 5.39 Å². The summed E-state index contributed by atoms with van der Waals surface area (Å²) in [5.74, 6) is -0.0311. The topological polar surface area (TPSA) is 103 Å². The lowest BCUT2D eigenvalue weighted by Crippen LogP contribution is -2.62. The largest absolute Gasteiger partial charge is 0.370 e. The Hall–Kier alpha value is -2.19. The number of fused-ring (bicyclic) bond motifs is 1. The second-order valence-electron chi connectivity index (χ2n) is 6.55. The predicted octanol–water partition coefficient (Wildman–Crippen LogP) is 1.21. The van der Waals surface area contributed by atoms with Crippen LogP contribution in [-0.2, 0) is 10.0 Å². The smallest absolute Gasteiger partial charge is 0.244 e. The number of rotatable bonds is 2. The van der Waals surface area contributed by atoms with Gasteiger partial charge in [0.05, 0.1) is 4.90 Å². The third-order valence-electron chi connectivity index (χ3n) is 4.38. The number of nitrogens with two attached hydrogens (primary N) is 1. The van der Waals surface area contributed by atoms with Crippen LogP contribution in [0.2, 0.25) is 0 Å². The number of hydrogen-bond acceptors (Lipinski definition) is 4. The van der Waals surface area contributed by atoms with Gasteiger partial charge in [0.1, 0.15) is 0 Å². The minimum Gasteiger partial charge on any atom is -0.370 e. The van der Waals surface area contributed by atoms with Gasteiger partial charge in [0.25, 0.3) is 0 Å². The highest BCUT2D eigenvalue weighted by Crippen LogP contribution is 2.31. The van der Waals surface area contributed by atoms with Crippen LogP contribution in [0.1, 0.15) is 13.8 Å². The first kappa shape index (κ1) is 16.7. The lowest BCUT2D eigenvalue weighted by atomic mass is 10.0.